The predicted octanol–water partition coefficient (Wildman–Crippen LogP) is 5.25. The van der Waals surface area contributed by atoms with Crippen LogP contribution in [0.1, 0.15) is 67.7 Å². The average molecular weight is 451 g/mol. The second kappa shape index (κ2) is 11.9. The lowest BCUT2D eigenvalue weighted by atomic mass is 9.95. The van der Waals surface area contributed by atoms with Gasteiger partial charge in [-0.2, -0.15) is 0 Å². The van der Waals surface area contributed by atoms with Gasteiger partial charge in [0, 0.05) is 12.6 Å². The van der Waals surface area contributed by atoms with Crippen molar-refractivity contribution in [1.82, 2.24) is 10.2 Å². The molecule has 2 aromatic carbocycles. The Labute approximate surface area is 198 Å². The number of hydrogen-bond acceptors (Lipinski definition) is 3. The van der Waals surface area contributed by atoms with Crippen LogP contribution in [0, 0.1) is 20.8 Å². The SMILES string of the molecule is CC[C@H](C(=O)NC1CCCCC1)N(Cc1ccccc1C)C(=O)COc1cc(C)ccc1C. The number of amides is 2. The van der Waals surface area contributed by atoms with Crippen molar-refractivity contribution in [3.05, 3.63) is 64.7 Å². The Bertz CT molecular complexity index is 950. The van der Waals surface area contributed by atoms with Crippen LogP contribution in [0.4, 0.5) is 0 Å². The molecule has 1 atom stereocenters. The van der Waals surface area contributed by atoms with E-state index in [0.717, 1.165) is 47.9 Å². The monoisotopic (exact) mass is 450 g/mol. The van der Waals surface area contributed by atoms with E-state index in [2.05, 4.69) is 5.32 Å². The van der Waals surface area contributed by atoms with Crippen LogP contribution in [0.3, 0.4) is 0 Å². The van der Waals surface area contributed by atoms with Crippen LogP contribution in [0.15, 0.2) is 42.5 Å². The summed E-state index contributed by atoms with van der Waals surface area (Å²) in [5.41, 5.74) is 4.22. The molecule has 0 heterocycles. The lowest BCUT2D eigenvalue weighted by Crippen LogP contribution is -2.52. The van der Waals surface area contributed by atoms with Gasteiger partial charge in [-0.25, -0.2) is 0 Å². The first-order valence-corrected chi connectivity index (χ1v) is 12.2. The molecule has 1 fully saturated rings. The minimum atomic E-state index is -0.527. The van der Waals surface area contributed by atoms with E-state index in [1.54, 1.807) is 4.90 Å². The van der Waals surface area contributed by atoms with Gasteiger partial charge >= 0.3 is 0 Å². The van der Waals surface area contributed by atoms with Crippen molar-refractivity contribution in [3.8, 4) is 5.75 Å². The summed E-state index contributed by atoms with van der Waals surface area (Å²) in [6, 6.07) is 13.7. The second-order valence-electron chi connectivity index (χ2n) is 9.27. The van der Waals surface area contributed by atoms with Crippen molar-refractivity contribution in [2.45, 2.75) is 84.8 Å². The molecule has 0 bridgehead atoms. The van der Waals surface area contributed by atoms with Gasteiger partial charge in [-0.3, -0.25) is 9.59 Å². The normalized spacial score (nSPS) is 15.0. The Morgan fingerprint density at radius 1 is 1.03 bits per heavy atom. The number of hydrogen-bond donors (Lipinski definition) is 1. The van der Waals surface area contributed by atoms with Crippen LogP contribution in [0.5, 0.6) is 5.75 Å². The molecule has 1 aliphatic carbocycles. The standard InChI is InChI=1S/C28H38N2O3/c1-5-25(28(32)29-24-13-7-6-8-14-24)30(18-23-12-10-9-11-21(23)3)27(31)19-33-26-17-20(2)15-16-22(26)4/h9-12,15-17,24-25H,5-8,13-14,18-19H2,1-4H3,(H,29,32)/t25-/m1/s1. The summed E-state index contributed by atoms with van der Waals surface area (Å²) in [6.07, 6.45) is 6.12. The maximum atomic E-state index is 13.4. The molecule has 1 aliphatic rings. The molecule has 0 radical (unpaired) electrons. The van der Waals surface area contributed by atoms with Crippen LogP contribution in [0.2, 0.25) is 0 Å². The van der Waals surface area contributed by atoms with E-state index in [-0.39, 0.29) is 24.5 Å². The first-order valence-electron chi connectivity index (χ1n) is 12.2. The zero-order valence-corrected chi connectivity index (χ0v) is 20.5. The fourth-order valence-electron chi connectivity index (χ4n) is 4.52. The molecular formula is C28H38N2O3. The van der Waals surface area contributed by atoms with Gasteiger partial charge in [-0.1, -0.05) is 62.6 Å². The van der Waals surface area contributed by atoms with Crippen molar-refractivity contribution in [2.24, 2.45) is 0 Å². The number of aryl methyl sites for hydroxylation is 3. The zero-order chi connectivity index (χ0) is 23.8. The molecule has 5 nitrogen and oxygen atoms in total. The first kappa shape index (κ1) is 24.8. The van der Waals surface area contributed by atoms with Gasteiger partial charge in [0.15, 0.2) is 6.61 Å². The van der Waals surface area contributed by atoms with Crippen LogP contribution < -0.4 is 10.1 Å². The van der Waals surface area contributed by atoms with E-state index in [4.69, 9.17) is 4.74 Å². The molecule has 0 unspecified atom stereocenters. The molecule has 0 saturated heterocycles. The largest absolute Gasteiger partial charge is 0.483 e. The highest BCUT2D eigenvalue weighted by Crippen LogP contribution is 2.22. The van der Waals surface area contributed by atoms with Gasteiger partial charge in [0.1, 0.15) is 11.8 Å². The van der Waals surface area contributed by atoms with E-state index in [9.17, 15) is 9.59 Å². The number of nitrogens with zero attached hydrogens (tertiary/aromatic N) is 1. The van der Waals surface area contributed by atoms with Gasteiger partial charge in [0.2, 0.25) is 5.91 Å². The third-order valence-corrected chi connectivity index (χ3v) is 6.63. The summed E-state index contributed by atoms with van der Waals surface area (Å²) in [6.45, 7) is 8.27. The molecule has 178 valence electrons. The lowest BCUT2D eigenvalue weighted by molar-refractivity contribution is -0.143. The molecular weight excluding hydrogens is 412 g/mol. The summed E-state index contributed by atoms with van der Waals surface area (Å²) in [7, 11) is 0. The van der Waals surface area contributed by atoms with Crippen molar-refractivity contribution >= 4 is 11.8 Å². The van der Waals surface area contributed by atoms with Crippen LogP contribution >= 0.6 is 0 Å². The molecule has 2 amide bonds. The van der Waals surface area contributed by atoms with Crippen molar-refractivity contribution in [2.75, 3.05) is 6.61 Å². The van der Waals surface area contributed by atoms with E-state index < -0.39 is 6.04 Å². The molecule has 1 N–H and O–H groups in total. The minimum Gasteiger partial charge on any atom is -0.483 e. The maximum absolute atomic E-state index is 13.4. The molecule has 3 rings (SSSR count). The first-order chi connectivity index (χ1) is 15.9. The number of carbonyl (C=O) groups excluding carboxylic acids is 2. The van der Waals surface area contributed by atoms with Gasteiger partial charge in [-0.15, -0.1) is 0 Å². The topological polar surface area (TPSA) is 58.6 Å². The summed E-state index contributed by atoms with van der Waals surface area (Å²) < 4.78 is 5.93. The summed E-state index contributed by atoms with van der Waals surface area (Å²) in [5, 5.41) is 3.22. The molecule has 1 saturated carbocycles. The van der Waals surface area contributed by atoms with E-state index >= 15 is 0 Å². The van der Waals surface area contributed by atoms with Gasteiger partial charge in [-0.05, 0) is 68.4 Å². The highest BCUT2D eigenvalue weighted by atomic mass is 16.5. The van der Waals surface area contributed by atoms with Gasteiger partial charge in [0.05, 0.1) is 0 Å². The smallest absolute Gasteiger partial charge is 0.261 e. The van der Waals surface area contributed by atoms with Gasteiger partial charge in [0.25, 0.3) is 5.91 Å². The summed E-state index contributed by atoms with van der Waals surface area (Å²) in [5.74, 6) is 0.474. The Kier molecular flexibility index (Phi) is 8.93. The third kappa shape index (κ3) is 6.83. The third-order valence-electron chi connectivity index (χ3n) is 6.63. The molecule has 0 aromatic heterocycles. The molecule has 5 heteroatoms. The second-order valence-corrected chi connectivity index (χ2v) is 9.27. The average Bonchev–Trinajstić information content (AvgIpc) is 2.81. The van der Waals surface area contributed by atoms with Crippen molar-refractivity contribution < 1.29 is 14.3 Å². The molecule has 0 aliphatic heterocycles. The number of nitrogens with one attached hydrogen (secondary N) is 1. The Hall–Kier alpha value is -2.82. The quantitative estimate of drug-likeness (QED) is 0.568. The predicted molar refractivity (Wildman–Crippen MR) is 132 cm³/mol. The van der Waals surface area contributed by atoms with E-state index in [1.165, 1.54) is 6.42 Å². The van der Waals surface area contributed by atoms with Crippen molar-refractivity contribution in [1.29, 1.82) is 0 Å². The Morgan fingerprint density at radius 2 is 1.76 bits per heavy atom. The molecule has 2 aromatic rings. The van der Waals surface area contributed by atoms with Gasteiger partial charge < -0.3 is 15.0 Å². The van der Waals surface area contributed by atoms with E-state index in [0.29, 0.717) is 18.7 Å². The highest BCUT2D eigenvalue weighted by molar-refractivity contribution is 5.88. The zero-order valence-electron chi connectivity index (χ0n) is 20.5. The Balaban J connectivity index is 1.79. The highest BCUT2D eigenvalue weighted by Gasteiger charge is 2.30. The fraction of sp³-hybridized carbons (Fsp3) is 0.500. The van der Waals surface area contributed by atoms with Crippen LogP contribution in [-0.2, 0) is 16.1 Å². The Morgan fingerprint density at radius 3 is 2.45 bits per heavy atom. The number of ether oxygens (including phenoxy) is 1. The van der Waals surface area contributed by atoms with Crippen molar-refractivity contribution in [3.63, 3.8) is 0 Å². The number of benzene rings is 2. The summed E-state index contributed by atoms with van der Waals surface area (Å²) in [4.78, 5) is 28.4. The molecule has 33 heavy (non-hydrogen) atoms. The molecule has 0 spiro atoms. The minimum absolute atomic E-state index is 0.0573. The lowest BCUT2D eigenvalue weighted by Gasteiger charge is -2.33. The summed E-state index contributed by atoms with van der Waals surface area (Å²) >= 11 is 0. The van der Waals surface area contributed by atoms with E-state index in [1.807, 2.05) is 70.2 Å². The number of carbonyl (C=O) groups is 2. The fourth-order valence-corrected chi connectivity index (χ4v) is 4.52. The van der Waals surface area contributed by atoms with Crippen LogP contribution in [-0.4, -0.2) is 35.4 Å². The number of rotatable bonds is 9. The van der Waals surface area contributed by atoms with Crippen LogP contribution in [0.25, 0.3) is 0 Å². The maximum Gasteiger partial charge on any atom is 0.261 e.